The topological polar surface area (TPSA) is 92.9 Å². The second-order valence-corrected chi connectivity index (χ2v) is 6.60. The average molecular weight is 390 g/mol. The van der Waals surface area contributed by atoms with Gasteiger partial charge in [-0.15, -0.1) is 0 Å². The Morgan fingerprint density at radius 3 is 2.38 bits per heavy atom. The first kappa shape index (κ1) is 18.5. The summed E-state index contributed by atoms with van der Waals surface area (Å²) in [6, 6.07) is 16.3. The number of nitrogens with zero attached hydrogens (tertiary/aromatic N) is 2. The number of benzene rings is 2. The van der Waals surface area contributed by atoms with Crippen molar-refractivity contribution in [3.05, 3.63) is 83.1 Å². The molecule has 7 nitrogen and oxygen atoms in total. The number of aryl methyl sites for hydroxylation is 1. The van der Waals surface area contributed by atoms with E-state index < -0.39 is 17.7 Å². The molecule has 1 fully saturated rings. The van der Waals surface area contributed by atoms with E-state index >= 15 is 0 Å². The minimum absolute atomic E-state index is 0.00739. The fourth-order valence-electron chi connectivity index (χ4n) is 3.39. The Balaban J connectivity index is 1.92. The molecule has 1 atom stereocenters. The SMILES string of the molecule is COc1ccc([C@@H]2C(=C(O)c3ccccc3)C(=O)C(=O)N2c2cc(C)on2)cc1. The zero-order chi connectivity index (χ0) is 20.5. The number of hydrogen-bond donors (Lipinski definition) is 1. The highest BCUT2D eigenvalue weighted by Gasteiger charge is 2.48. The molecule has 29 heavy (non-hydrogen) atoms. The lowest BCUT2D eigenvalue weighted by Gasteiger charge is -2.23. The van der Waals surface area contributed by atoms with Crippen LogP contribution in [0.15, 0.2) is 70.8 Å². The monoisotopic (exact) mass is 390 g/mol. The number of aliphatic hydroxyl groups is 1. The van der Waals surface area contributed by atoms with Crippen molar-refractivity contribution < 1.29 is 24.0 Å². The molecule has 1 amide bonds. The predicted molar refractivity (Wildman–Crippen MR) is 105 cm³/mol. The molecule has 0 bridgehead atoms. The summed E-state index contributed by atoms with van der Waals surface area (Å²) in [5.74, 6) is -0.473. The van der Waals surface area contributed by atoms with Crippen molar-refractivity contribution in [1.82, 2.24) is 5.16 Å². The summed E-state index contributed by atoms with van der Waals surface area (Å²) in [6.07, 6.45) is 0. The van der Waals surface area contributed by atoms with E-state index in [-0.39, 0.29) is 17.2 Å². The fourth-order valence-corrected chi connectivity index (χ4v) is 3.39. The first-order chi connectivity index (χ1) is 14.0. The van der Waals surface area contributed by atoms with Gasteiger partial charge in [-0.25, -0.2) is 0 Å². The Kier molecular flexibility index (Phi) is 4.64. The minimum atomic E-state index is -0.856. The van der Waals surface area contributed by atoms with Gasteiger partial charge in [0.1, 0.15) is 17.3 Å². The van der Waals surface area contributed by atoms with Crippen LogP contribution in [0, 0.1) is 6.92 Å². The molecule has 0 aliphatic carbocycles. The molecule has 0 radical (unpaired) electrons. The lowest BCUT2D eigenvalue weighted by molar-refractivity contribution is -0.132. The van der Waals surface area contributed by atoms with Crippen LogP contribution in [0.25, 0.3) is 5.76 Å². The van der Waals surface area contributed by atoms with Crippen molar-refractivity contribution in [1.29, 1.82) is 0 Å². The van der Waals surface area contributed by atoms with Gasteiger partial charge in [0.15, 0.2) is 5.82 Å². The zero-order valence-corrected chi connectivity index (χ0v) is 15.8. The molecule has 4 rings (SSSR count). The van der Waals surface area contributed by atoms with Crippen molar-refractivity contribution in [2.45, 2.75) is 13.0 Å². The molecule has 146 valence electrons. The lowest BCUT2D eigenvalue weighted by Crippen LogP contribution is -2.29. The van der Waals surface area contributed by atoms with Gasteiger partial charge in [0.2, 0.25) is 0 Å². The van der Waals surface area contributed by atoms with Gasteiger partial charge >= 0.3 is 5.91 Å². The summed E-state index contributed by atoms with van der Waals surface area (Å²) in [5, 5.41) is 14.8. The summed E-state index contributed by atoms with van der Waals surface area (Å²) >= 11 is 0. The lowest BCUT2D eigenvalue weighted by atomic mass is 9.95. The molecule has 2 heterocycles. The molecular formula is C22H18N2O5. The third-order valence-corrected chi connectivity index (χ3v) is 4.79. The second-order valence-electron chi connectivity index (χ2n) is 6.60. The molecule has 2 aromatic carbocycles. The van der Waals surface area contributed by atoms with Gasteiger partial charge in [-0.05, 0) is 24.6 Å². The van der Waals surface area contributed by atoms with Crippen LogP contribution in [0.5, 0.6) is 5.75 Å². The number of carbonyl (C=O) groups is 2. The minimum Gasteiger partial charge on any atom is -0.507 e. The number of aliphatic hydroxyl groups excluding tert-OH is 1. The van der Waals surface area contributed by atoms with Crippen LogP contribution in [0.3, 0.4) is 0 Å². The number of amides is 1. The molecule has 1 aliphatic heterocycles. The molecule has 0 spiro atoms. The molecule has 7 heteroatoms. The third-order valence-electron chi connectivity index (χ3n) is 4.79. The Morgan fingerprint density at radius 1 is 1.10 bits per heavy atom. The van der Waals surface area contributed by atoms with Crippen LogP contribution < -0.4 is 9.64 Å². The highest BCUT2D eigenvalue weighted by atomic mass is 16.5. The number of anilines is 1. The average Bonchev–Trinajstić information content (AvgIpc) is 3.29. The Bertz CT molecular complexity index is 1100. The summed E-state index contributed by atoms with van der Waals surface area (Å²) in [7, 11) is 1.55. The Hall–Kier alpha value is -3.87. The highest BCUT2D eigenvalue weighted by Crippen LogP contribution is 2.42. The van der Waals surface area contributed by atoms with Gasteiger partial charge < -0.3 is 14.4 Å². The molecule has 1 saturated heterocycles. The van der Waals surface area contributed by atoms with Crippen LogP contribution in [0.2, 0.25) is 0 Å². The summed E-state index contributed by atoms with van der Waals surface area (Å²) in [6.45, 7) is 1.69. The smallest absolute Gasteiger partial charge is 0.301 e. The Labute approximate surface area is 166 Å². The van der Waals surface area contributed by atoms with Crippen LogP contribution in [-0.4, -0.2) is 29.1 Å². The maximum atomic E-state index is 12.9. The quantitative estimate of drug-likeness (QED) is 0.416. The molecule has 1 aliphatic rings. The van der Waals surface area contributed by atoms with Gasteiger partial charge in [-0.1, -0.05) is 47.6 Å². The van der Waals surface area contributed by atoms with Crippen LogP contribution in [0.1, 0.15) is 22.9 Å². The van der Waals surface area contributed by atoms with E-state index in [1.54, 1.807) is 74.7 Å². The van der Waals surface area contributed by atoms with Crippen LogP contribution in [0.4, 0.5) is 5.82 Å². The Morgan fingerprint density at radius 2 is 1.79 bits per heavy atom. The number of rotatable bonds is 4. The van der Waals surface area contributed by atoms with Gasteiger partial charge in [-0.3, -0.25) is 14.5 Å². The van der Waals surface area contributed by atoms with E-state index in [9.17, 15) is 14.7 Å². The molecule has 0 unspecified atom stereocenters. The number of ketones is 1. The molecular weight excluding hydrogens is 372 g/mol. The molecule has 1 aromatic heterocycles. The number of methoxy groups -OCH3 is 1. The van der Waals surface area contributed by atoms with Gasteiger partial charge in [0.25, 0.3) is 5.78 Å². The summed E-state index contributed by atoms with van der Waals surface area (Å²) in [5.41, 5.74) is 1.07. The first-order valence-corrected chi connectivity index (χ1v) is 8.95. The van der Waals surface area contributed by atoms with E-state index in [4.69, 9.17) is 9.26 Å². The van der Waals surface area contributed by atoms with Gasteiger partial charge in [0.05, 0.1) is 18.7 Å². The van der Waals surface area contributed by atoms with Crippen LogP contribution in [-0.2, 0) is 9.59 Å². The van der Waals surface area contributed by atoms with E-state index in [2.05, 4.69) is 5.16 Å². The first-order valence-electron chi connectivity index (χ1n) is 8.95. The standard InChI is InChI=1S/C22H18N2O5/c1-13-12-17(23-29-13)24-19(14-8-10-16(28-2)11-9-14)18(21(26)22(24)27)20(25)15-6-4-3-5-7-15/h3-12,19,25H,1-2H3/t19-/m1/s1. The van der Waals surface area contributed by atoms with E-state index in [0.717, 1.165) is 0 Å². The predicted octanol–water partition coefficient (Wildman–Crippen LogP) is 3.62. The van der Waals surface area contributed by atoms with Crippen molar-refractivity contribution in [2.75, 3.05) is 12.0 Å². The fraction of sp³-hybridized carbons (Fsp3) is 0.136. The maximum Gasteiger partial charge on any atom is 0.301 e. The number of ether oxygens (including phenoxy) is 1. The van der Waals surface area contributed by atoms with Crippen molar-refractivity contribution in [3.63, 3.8) is 0 Å². The maximum absolute atomic E-state index is 12.9. The number of aromatic nitrogens is 1. The highest BCUT2D eigenvalue weighted by molar-refractivity contribution is 6.51. The molecule has 3 aromatic rings. The van der Waals surface area contributed by atoms with E-state index in [1.165, 1.54) is 4.90 Å². The third kappa shape index (κ3) is 3.16. The largest absolute Gasteiger partial charge is 0.507 e. The second kappa shape index (κ2) is 7.27. The normalized spacial score (nSPS) is 18.3. The van der Waals surface area contributed by atoms with Crippen molar-refractivity contribution in [2.24, 2.45) is 0 Å². The molecule has 1 N–H and O–H groups in total. The van der Waals surface area contributed by atoms with E-state index in [1.807, 2.05) is 0 Å². The van der Waals surface area contributed by atoms with Crippen LogP contribution >= 0.6 is 0 Å². The van der Waals surface area contributed by atoms with E-state index in [0.29, 0.717) is 22.6 Å². The zero-order valence-electron chi connectivity index (χ0n) is 15.8. The van der Waals surface area contributed by atoms with Gasteiger partial charge in [-0.2, -0.15) is 0 Å². The number of hydrogen-bond acceptors (Lipinski definition) is 6. The number of carbonyl (C=O) groups excluding carboxylic acids is 2. The molecule has 0 saturated carbocycles. The summed E-state index contributed by atoms with van der Waals surface area (Å²) in [4.78, 5) is 27.1. The summed E-state index contributed by atoms with van der Waals surface area (Å²) < 4.78 is 10.3. The van der Waals surface area contributed by atoms with Gasteiger partial charge in [0, 0.05) is 11.6 Å². The van der Waals surface area contributed by atoms with Crippen molar-refractivity contribution in [3.8, 4) is 5.75 Å². The van der Waals surface area contributed by atoms with Crippen molar-refractivity contribution >= 4 is 23.3 Å². The number of Topliss-reactive ketones (excluding diaryl/α,β-unsaturated/α-hetero) is 1.